The molecular weight excluding hydrogens is 259 g/mol. The fraction of sp³-hybridized carbons (Fsp3) is 0.308. The average molecular weight is 276 g/mol. The van der Waals surface area contributed by atoms with E-state index in [-0.39, 0.29) is 5.82 Å². The van der Waals surface area contributed by atoms with Crippen LogP contribution in [0.3, 0.4) is 0 Å². The van der Waals surface area contributed by atoms with Crippen molar-refractivity contribution in [3.05, 3.63) is 35.6 Å². The molecule has 0 aliphatic rings. The summed E-state index contributed by atoms with van der Waals surface area (Å²) in [7, 11) is 5.47. The van der Waals surface area contributed by atoms with Crippen molar-refractivity contribution >= 4 is 17.8 Å². The van der Waals surface area contributed by atoms with Crippen LogP contribution >= 0.6 is 0 Å². The highest BCUT2D eigenvalue weighted by Crippen LogP contribution is 2.12. The maximum Gasteiger partial charge on any atom is 0.231 e. The standard InChI is InChI=1S/C13H17FN6/c1-15-11-17-12(19-13(18-11)20(2)3)16-8-9-4-6-10(14)7-5-9/h4-7H,8H2,1-3H3,(H2,15,16,17,18,19). The quantitative estimate of drug-likeness (QED) is 0.867. The fourth-order valence-electron chi connectivity index (χ4n) is 1.54. The molecule has 1 aromatic heterocycles. The lowest BCUT2D eigenvalue weighted by Gasteiger charge is -2.13. The van der Waals surface area contributed by atoms with Crippen molar-refractivity contribution in [2.75, 3.05) is 36.7 Å². The van der Waals surface area contributed by atoms with E-state index < -0.39 is 0 Å². The van der Waals surface area contributed by atoms with E-state index in [2.05, 4.69) is 25.6 Å². The Kier molecular flexibility index (Phi) is 4.29. The minimum absolute atomic E-state index is 0.249. The summed E-state index contributed by atoms with van der Waals surface area (Å²) in [6, 6.07) is 6.29. The zero-order chi connectivity index (χ0) is 14.5. The topological polar surface area (TPSA) is 66.0 Å². The molecule has 1 aromatic carbocycles. The van der Waals surface area contributed by atoms with Crippen LogP contribution in [0.25, 0.3) is 0 Å². The van der Waals surface area contributed by atoms with Gasteiger partial charge in [-0.2, -0.15) is 15.0 Å². The van der Waals surface area contributed by atoms with Gasteiger partial charge in [0, 0.05) is 27.7 Å². The van der Waals surface area contributed by atoms with Crippen LogP contribution in [0.5, 0.6) is 0 Å². The Morgan fingerprint density at radius 3 is 2.30 bits per heavy atom. The van der Waals surface area contributed by atoms with Gasteiger partial charge in [-0.1, -0.05) is 12.1 Å². The number of hydrogen-bond donors (Lipinski definition) is 2. The Balaban J connectivity index is 2.12. The fourth-order valence-corrected chi connectivity index (χ4v) is 1.54. The Hall–Kier alpha value is -2.44. The van der Waals surface area contributed by atoms with Gasteiger partial charge in [-0.05, 0) is 17.7 Å². The maximum absolute atomic E-state index is 12.8. The number of halogens is 1. The van der Waals surface area contributed by atoms with Gasteiger partial charge in [0.2, 0.25) is 17.8 Å². The first-order chi connectivity index (χ1) is 9.58. The van der Waals surface area contributed by atoms with E-state index in [9.17, 15) is 4.39 Å². The summed E-state index contributed by atoms with van der Waals surface area (Å²) < 4.78 is 12.8. The second-order valence-corrected chi connectivity index (χ2v) is 4.41. The summed E-state index contributed by atoms with van der Waals surface area (Å²) >= 11 is 0. The molecule has 0 saturated carbocycles. The van der Waals surface area contributed by atoms with Crippen molar-refractivity contribution in [2.45, 2.75) is 6.54 Å². The largest absolute Gasteiger partial charge is 0.357 e. The van der Waals surface area contributed by atoms with Gasteiger partial charge >= 0.3 is 0 Å². The van der Waals surface area contributed by atoms with Crippen LogP contribution in [0.4, 0.5) is 22.2 Å². The number of benzene rings is 1. The lowest BCUT2D eigenvalue weighted by Crippen LogP contribution is -2.16. The third-order valence-electron chi connectivity index (χ3n) is 2.61. The molecule has 0 aliphatic carbocycles. The average Bonchev–Trinajstić information content (AvgIpc) is 2.46. The van der Waals surface area contributed by atoms with Gasteiger partial charge in [-0.25, -0.2) is 4.39 Å². The molecule has 0 bridgehead atoms. The first kappa shape index (κ1) is 14.0. The summed E-state index contributed by atoms with van der Waals surface area (Å²) in [6.07, 6.45) is 0. The molecule has 0 radical (unpaired) electrons. The Bertz CT molecular complexity index is 570. The number of aromatic nitrogens is 3. The van der Waals surface area contributed by atoms with Crippen LogP contribution in [0.1, 0.15) is 5.56 Å². The van der Waals surface area contributed by atoms with Gasteiger partial charge in [0.1, 0.15) is 5.82 Å². The number of anilines is 3. The SMILES string of the molecule is CNc1nc(NCc2ccc(F)cc2)nc(N(C)C)n1. The molecule has 2 N–H and O–H groups in total. The Morgan fingerprint density at radius 1 is 1.05 bits per heavy atom. The zero-order valence-corrected chi connectivity index (χ0v) is 11.7. The van der Waals surface area contributed by atoms with Crippen molar-refractivity contribution in [1.29, 1.82) is 0 Å². The van der Waals surface area contributed by atoms with E-state index in [1.807, 2.05) is 14.1 Å². The molecule has 1 heterocycles. The lowest BCUT2D eigenvalue weighted by atomic mass is 10.2. The maximum atomic E-state index is 12.8. The first-order valence-electron chi connectivity index (χ1n) is 6.18. The van der Waals surface area contributed by atoms with Gasteiger partial charge in [-0.15, -0.1) is 0 Å². The van der Waals surface area contributed by atoms with Crippen LogP contribution in [0.15, 0.2) is 24.3 Å². The highest BCUT2D eigenvalue weighted by atomic mass is 19.1. The molecule has 7 heteroatoms. The summed E-state index contributed by atoms with van der Waals surface area (Å²) in [5.41, 5.74) is 0.948. The van der Waals surface area contributed by atoms with E-state index in [0.717, 1.165) is 5.56 Å². The van der Waals surface area contributed by atoms with E-state index in [4.69, 9.17) is 0 Å². The summed E-state index contributed by atoms with van der Waals surface area (Å²) in [5, 5.41) is 5.99. The van der Waals surface area contributed by atoms with Crippen molar-refractivity contribution in [3.63, 3.8) is 0 Å². The number of nitrogens with one attached hydrogen (secondary N) is 2. The monoisotopic (exact) mass is 276 g/mol. The zero-order valence-electron chi connectivity index (χ0n) is 11.7. The smallest absolute Gasteiger partial charge is 0.231 e. The van der Waals surface area contributed by atoms with Gasteiger partial charge in [-0.3, -0.25) is 0 Å². The van der Waals surface area contributed by atoms with Crippen molar-refractivity contribution in [2.24, 2.45) is 0 Å². The summed E-state index contributed by atoms with van der Waals surface area (Å²) in [6.45, 7) is 0.514. The van der Waals surface area contributed by atoms with Crippen LogP contribution in [-0.4, -0.2) is 36.1 Å². The highest BCUT2D eigenvalue weighted by Gasteiger charge is 2.06. The molecule has 0 spiro atoms. The molecular formula is C13H17FN6. The Labute approximate surface area is 117 Å². The summed E-state index contributed by atoms with van der Waals surface area (Å²) in [4.78, 5) is 14.5. The molecule has 0 atom stereocenters. The van der Waals surface area contributed by atoms with Crippen molar-refractivity contribution in [1.82, 2.24) is 15.0 Å². The molecule has 106 valence electrons. The Morgan fingerprint density at radius 2 is 1.70 bits per heavy atom. The number of rotatable bonds is 5. The van der Waals surface area contributed by atoms with E-state index in [1.54, 1.807) is 24.1 Å². The van der Waals surface area contributed by atoms with E-state index >= 15 is 0 Å². The number of hydrogen-bond acceptors (Lipinski definition) is 6. The van der Waals surface area contributed by atoms with Crippen LogP contribution in [0.2, 0.25) is 0 Å². The predicted molar refractivity (Wildman–Crippen MR) is 77.4 cm³/mol. The second kappa shape index (κ2) is 6.14. The van der Waals surface area contributed by atoms with E-state index in [0.29, 0.717) is 24.4 Å². The molecule has 20 heavy (non-hydrogen) atoms. The molecule has 2 aromatic rings. The molecule has 0 aliphatic heterocycles. The summed E-state index contributed by atoms with van der Waals surface area (Å²) in [5.74, 6) is 1.27. The molecule has 0 saturated heterocycles. The molecule has 0 unspecified atom stereocenters. The molecule has 0 amide bonds. The highest BCUT2D eigenvalue weighted by molar-refractivity contribution is 5.42. The van der Waals surface area contributed by atoms with Gasteiger partial charge < -0.3 is 15.5 Å². The molecule has 2 rings (SSSR count). The van der Waals surface area contributed by atoms with Crippen LogP contribution in [-0.2, 0) is 6.54 Å². The van der Waals surface area contributed by atoms with Gasteiger partial charge in [0.15, 0.2) is 0 Å². The second-order valence-electron chi connectivity index (χ2n) is 4.41. The molecule has 6 nitrogen and oxygen atoms in total. The van der Waals surface area contributed by atoms with Crippen molar-refractivity contribution < 1.29 is 4.39 Å². The third-order valence-corrected chi connectivity index (χ3v) is 2.61. The lowest BCUT2D eigenvalue weighted by molar-refractivity contribution is 0.627. The van der Waals surface area contributed by atoms with Crippen molar-refractivity contribution in [3.8, 4) is 0 Å². The van der Waals surface area contributed by atoms with Crippen LogP contribution in [0, 0.1) is 5.82 Å². The first-order valence-corrected chi connectivity index (χ1v) is 6.18. The molecule has 0 fully saturated rings. The van der Waals surface area contributed by atoms with E-state index in [1.165, 1.54) is 12.1 Å². The third kappa shape index (κ3) is 3.53. The van der Waals surface area contributed by atoms with Gasteiger partial charge in [0.05, 0.1) is 0 Å². The number of nitrogens with zero attached hydrogens (tertiary/aromatic N) is 4. The minimum atomic E-state index is -0.249. The van der Waals surface area contributed by atoms with Gasteiger partial charge in [0.25, 0.3) is 0 Å². The minimum Gasteiger partial charge on any atom is -0.357 e. The van der Waals surface area contributed by atoms with Crippen LogP contribution < -0.4 is 15.5 Å². The normalized spacial score (nSPS) is 10.2. The predicted octanol–water partition coefficient (Wildman–Crippen LogP) is 1.73.